The van der Waals surface area contributed by atoms with Crippen molar-refractivity contribution in [3.8, 4) is 0 Å². The Kier molecular flexibility index (Phi) is 5.62. The molecular weight excluding hydrogens is 444 g/mol. The highest BCUT2D eigenvalue weighted by molar-refractivity contribution is 7.89. The number of rotatable bonds is 5. The van der Waals surface area contributed by atoms with Gasteiger partial charge in [-0.1, -0.05) is 24.3 Å². The fraction of sp³-hybridized carbons (Fsp3) is 0.0435. The first-order chi connectivity index (χ1) is 15.7. The molecule has 0 aromatic heterocycles. The summed E-state index contributed by atoms with van der Waals surface area (Å²) in [6, 6.07) is 18.4. The third-order valence-electron chi connectivity index (χ3n) is 5.11. The van der Waals surface area contributed by atoms with Gasteiger partial charge in [0.05, 0.1) is 27.4 Å². The molecule has 1 heterocycles. The van der Waals surface area contributed by atoms with Gasteiger partial charge in [-0.05, 0) is 61.0 Å². The summed E-state index contributed by atoms with van der Waals surface area (Å²) in [4.78, 5) is 38.5. The minimum atomic E-state index is -3.84. The maximum absolute atomic E-state index is 12.6. The van der Waals surface area contributed by atoms with Crippen molar-refractivity contribution < 1.29 is 22.8 Å². The molecule has 166 valence electrons. The van der Waals surface area contributed by atoms with Gasteiger partial charge < -0.3 is 0 Å². The van der Waals surface area contributed by atoms with Crippen molar-refractivity contribution in [3.05, 3.63) is 95.1 Å². The van der Waals surface area contributed by atoms with Crippen LogP contribution in [0.25, 0.3) is 0 Å². The molecule has 3 aromatic rings. The zero-order valence-corrected chi connectivity index (χ0v) is 18.2. The number of hydrazone groups is 1. The van der Waals surface area contributed by atoms with E-state index in [-0.39, 0.29) is 22.3 Å². The van der Waals surface area contributed by atoms with Crippen LogP contribution in [0.15, 0.2) is 82.8 Å². The van der Waals surface area contributed by atoms with Crippen molar-refractivity contribution in [3.63, 3.8) is 0 Å². The number of primary sulfonamides is 1. The highest BCUT2D eigenvalue weighted by atomic mass is 32.2. The predicted molar refractivity (Wildman–Crippen MR) is 122 cm³/mol. The number of carbonyl (C=O) groups is 3. The lowest BCUT2D eigenvalue weighted by Gasteiger charge is -2.14. The molecule has 0 radical (unpaired) electrons. The minimum Gasteiger partial charge on any atom is -0.268 e. The normalized spacial score (nSPS) is 13.8. The fourth-order valence-corrected chi connectivity index (χ4v) is 3.85. The van der Waals surface area contributed by atoms with Crippen LogP contribution in [0.3, 0.4) is 0 Å². The number of hydrogen-bond donors (Lipinski definition) is 2. The van der Waals surface area contributed by atoms with Gasteiger partial charge in [0, 0.05) is 5.56 Å². The lowest BCUT2D eigenvalue weighted by molar-refractivity contribution is 0.0922. The Morgan fingerprint density at radius 2 is 1.36 bits per heavy atom. The number of amides is 3. The van der Waals surface area contributed by atoms with Crippen molar-refractivity contribution in [2.24, 2.45) is 10.2 Å². The van der Waals surface area contributed by atoms with Gasteiger partial charge in [0.25, 0.3) is 17.7 Å². The van der Waals surface area contributed by atoms with Crippen LogP contribution in [0.4, 0.5) is 5.69 Å². The lowest BCUT2D eigenvalue weighted by Crippen LogP contribution is -2.29. The summed E-state index contributed by atoms with van der Waals surface area (Å²) in [5.74, 6) is -1.29. The van der Waals surface area contributed by atoms with Gasteiger partial charge in [0.2, 0.25) is 10.0 Å². The summed E-state index contributed by atoms with van der Waals surface area (Å²) in [7, 11) is -3.84. The molecule has 1 aliphatic heterocycles. The second kappa shape index (κ2) is 8.41. The van der Waals surface area contributed by atoms with E-state index in [1.165, 1.54) is 24.3 Å². The average Bonchev–Trinajstić information content (AvgIpc) is 3.07. The van der Waals surface area contributed by atoms with Gasteiger partial charge in [-0.15, -0.1) is 0 Å². The van der Waals surface area contributed by atoms with Gasteiger partial charge in [-0.2, -0.15) is 5.10 Å². The van der Waals surface area contributed by atoms with Gasteiger partial charge in [-0.3, -0.25) is 14.4 Å². The zero-order chi connectivity index (χ0) is 23.8. The molecule has 4 rings (SSSR count). The quantitative estimate of drug-likeness (QED) is 0.340. The Morgan fingerprint density at radius 3 is 1.88 bits per heavy atom. The van der Waals surface area contributed by atoms with Crippen LogP contribution in [-0.4, -0.2) is 31.9 Å². The molecule has 0 aliphatic carbocycles. The molecule has 0 atom stereocenters. The molecule has 3 aromatic carbocycles. The monoisotopic (exact) mass is 462 g/mol. The molecule has 3 N–H and O–H groups in total. The maximum Gasteiger partial charge on any atom is 0.271 e. The number of nitrogens with one attached hydrogen (secondary N) is 1. The van der Waals surface area contributed by atoms with Crippen LogP contribution in [-0.2, 0) is 10.0 Å². The summed E-state index contributed by atoms with van der Waals surface area (Å²) in [5, 5.41) is 9.10. The summed E-state index contributed by atoms with van der Waals surface area (Å²) in [5.41, 5.74) is 4.92. The van der Waals surface area contributed by atoms with E-state index in [2.05, 4.69) is 10.5 Å². The first kappa shape index (κ1) is 22.1. The van der Waals surface area contributed by atoms with Crippen molar-refractivity contribution in [1.29, 1.82) is 0 Å². The highest BCUT2D eigenvalue weighted by Crippen LogP contribution is 2.28. The molecular formula is C23H18N4O5S. The largest absolute Gasteiger partial charge is 0.271 e. The maximum atomic E-state index is 12.6. The zero-order valence-electron chi connectivity index (χ0n) is 17.3. The minimum absolute atomic E-state index is 0.100. The molecule has 1 aliphatic rings. The second-order valence-corrected chi connectivity index (χ2v) is 8.81. The second-order valence-electron chi connectivity index (χ2n) is 7.25. The van der Waals surface area contributed by atoms with Crippen LogP contribution in [0.5, 0.6) is 0 Å². The number of fused-ring (bicyclic) bond motifs is 1. The van der Waals surface area contributed by atoms with Crippen LogP contribution in [0.1, 0.15) is 43.6 Å². The molecule has 0 bridgehead atoms. The van der Waals surface area contributed by atoms with E-state index in [9.17, 15) is 22.8 Å². The van der Waals surface area contributed by atoms with E-state index in [1.807, 2.05) is 0 Å². The predicted octanol–water partition coefficient (Wildman–Crippen LogP) is 2.29. The molecule has 0 unspecified atom stereocenters. The Bertz CT molecular complexity index is 1380. The average molecular weight is 462 g/mol. The van der Waals surface area contributed by atoms with E-state index >= 15 is 0 Å². The van der Waals surface area contributed by atoms with Crippen molar-refractivity contribution in [2.75, 3.05) is 4.90 Å². The Balaban J connectivity index is 1.46. The summed E-state index contributed by atoms with van der Waals surface area (Å²) < 4.78 is 22.6. The summed E-state index contributed by atoms with van der Waals surface area (Å²) in [6.07, 6.45) is 0. The van der Waals surface area contributed by atoms with E-state index in [0.29, 0.717) is 28.1 Å². The van der Waals surface area contributed by atoms with Gasteiger partial charge in [-0.25, -0.2) is 23.9 Å². The molecule has 10 heteroatoms. The number of benzene rings is 3. The number of nitrogens with zero attached hydrogens (tertiary/aromatic N) is 2. The van der Waals surface area contributed by atoms with E-state index in [4.69, 9.17) is 5.14 Å². The fourth-order valence-electron chi connectivity index (χ4n) is 3.34. The van der Waals surface area contributed by atoms with Crippen molar-refractivity contribution in [2.45, 2.75) is 11.8 Å². The topological polar surface area (TPSA) is 139 Å². The van der Waals surface area contributed by atoms with Crippen LogP contribution >= 0.6 is 0 Å². The summed E-state index contributed by atoms with van der Waals surface area (Å²) >= 11 is 0. The number of anilines is 1. The van der Waals surface area contributed by atoms with Gasteiger partial charge >= 0.3 is 0 Å². The number of sulfonamides is 1. The smallest absolute Gasteiger partial charge is 0.268 e. The first-order valence-electron chi connectivity index (χ1n) is 9.72. The van der Waals surface area contributed by atoms with Crippen LogP contribution in [0, 0.1) is 0 Å². The van der Waals surface area contributed by atoms with Crippen molar-refractivity contribution in [1.82, 2.24) is 5.43 Å². The van der Waals surface area contributed by atoms with E-state index in [0.717, 1.165) is 4.90 Å². The van der Waals surface area contributed by atoms with Crippen molar-refractivity contribution >= 4 is 39.1 Å². The lowest BCUT2D eigenvalue weighted by atomic mass is 10.1. The third-order valence-corrected chi connectivity index (χ3v) is 6.04. The number of imide groups is 1. The van der Waals surface area contributed by atoms with Gasteiger partial charge in [0.15, 0.2) is 0 Å². The molecule has 0 saturated carbocycles. The summed E-state index contributed by atoms with van der Waals surface area (Å²) in [6.45, 7) is 1.68. The Hall–Kier alpha value is -4.15. The Morgan fingerprint density at radius 1 is 0.848 bits per heavy atom. The molecule has 0 spiro atoms. The van der Waals surface area contributed by atoms with Crippen LogP contribution < -0.4 is 15.5 Å². The van der Waals surface area contributed by atoms with Crippen LogP contribution in [0.2, 0.25) is 0 Å². The van der Waals surface area contributed by atoms with E-state index < -0.39 is 15.9 Å². The standard InChI is InChI=1S/C23H18N4O5S/c1-14(25-26-21(28)16-8-12-18(13-9-16)33(24,31)32)15-6-10-17(11-7-15)27-22(29)19-4-2-3-5-20(19)23(27)30/h2-13H,1H3,(H,26,28)(H2,24,31,32)/b25-14+. The van der Waals surface area contributed by atoms with E-state index in [1.54, 1.807) is 55.5 Å². The SMILES string of the molecule is C/C(=N\NC(=O)c1ccc(S(N)(=O)=O)cc1)c1ccc(N2C(=O)c3ccccc3C2=O)cc1. The highest BCUT2D eigenvalue weighted by Gasteiger charge is 2.36. The number of nitrogens with two attached hydrogens (primary N) is 1. The first-order valence-corrected chi connectivity index (χ1v) is 11.3. The molecule has 0 fully saturated rings. The third kappa shape index (κ3) is 4.29. The molecule has 9 nitrogen and oxygen atoms in total. The number of hydrogen-bond acceptors (Lipinski definition) is 6. The number of carbonyl (C=O) groups excluding carboxylic acids is 3. The molecule has 0 saturated heterocycles. The Labute approximate surface area is 189 Å². The van der Waals surface area contributed by atoms with Gasteiger partial charge in [0.1, 0.15) is 0 Å². The molecule has 33 heavy (non-hydrogen) atoms. The molecule has 3 amide bonds.